The van der Waals surface area contributed by atoms with Gasteiger partial charge in [-0.25, -0.2) is 9.37 Å². The number of hydrogen-bond acceptors (Lipinski definition) is 5. The van der Waals surface area contributed by atoms with Gasteiger partial charge in [-0.2, -0.15) is 0 Å². The molecule has 5 rings (SSSR count). The zero-order chi connectivity index (χ0) is 22.5. The molecule has 1 unspecified atom stereocenters. The normalized spacial score (nSPS) is 17.2. The molecule has 1 saturated heterocycles. The molecule has 170 valence electrons. The van der Waals surface area contributed by atoms with Gasteiger partial charge in [0.15, 0.2) is 5.65 Å². The van der Waals surface area contributed by atoms with E-state index in [-0.39, 0.29) is 5.82 Å². The van der Waals surface area contributed by atoms with Crippen molar-refractivity contribution in [3.05, 3.63) is 96.0 Å². The Morgan fingerprint density at radius 2 is 2.00 bits per heavy atom. The highest BCUT2D eigenvalue weighted by molar-refractivity contribution is 5.35. The van der Waals surface area contributed by atoms with Gasteiger partial charge in [-0.05, 0) is 41.8 Å². The van der Waals surface area contributed by atoms with Crippen molar-refractivity contribution in [2.45, 2.75) is 19.6 Å². The zero-order valence-corrected chi connectivity index (χ0v) is 18.4. The summed E-state index contributed by atoms with van der Waals surface area (Å²) in [5.74, 6) is 0.953. The van der Waals surface area contributed by atoms with Crippen LogP contribution in [0.3, 0.4) is 0 Å². The highest BCUT2D eigenvalue weighted by Crippen LogP contribution is 2.19. The van der Waals surface area contributed by atoms with E-state index >= 15 is 0 Å². The number of nitrogens with zero attached hydrogens (tertiary/aromatic N) is 4. The van der Waals surface area contributed by atoms with Gasteiger partial charge < -0.3 is 13.9 Å². The van der Waals surface area contributed by atoms with Crippen molar-refractivity contribution in [2.75, 3.05) is 26.3 Å². The van der Waals surface area contributed by atoms with Gasteiger partial charge >= 0.3 is 0 Å². The molecule has 1 atom stereocenters. The van der Waals surface area contributed by atoms with Crippen LogP contribution in [0.2, 0.25) is 0 Å². The maximum atomic E-state index is 13.1. The van der Waals surface area contributed by atoms with Crippen LogP contribution in [-0.4, -0.2) is 45.6 Å². The summed E-state index contributed by atoms with van der Waals surface area (Å²) in [6.07, 6.45) is 8.48. The third-order valence-electron chi connectivity index (χ3n) is 5.88. The Kier molecular flexibility index (Phi) is 6.60. The largest absolute Gasteiger partial charge is 0.489 e. The molecule has 2 aromatic heterocycles. The predicted octanol–water partition coefficient (Wildman–Crippen LogP) is 4.14. The number of halogens is 1. The summed E-state index contributed by atoms with van der Waals surface area (Å²) >= 11 is 0. The van der Waals surface area contributed by atoms with Crippen molar-refractivity contribution < 1.29 is 13.9 Å². The Morgan fingerprint density at radius 3 is 2.91 bits per heavy atom. The van der Waals surface area contributed by atoms with Crippen molar-refractivity contribution in [3.8, 4) is 5.75 Å². The van der Waals surface area contributed by atoms with Crippen molar-refractivity contribution in [1.82, 2.24) is 19.3 Å². The maximum absolute atomic E-state index is 13.1. The third kappa shape index (κ3) is 5.74. The Labute approximate surface area is 192 Å². The van der Waals surface area contributed by atoms with Gasteiger partial charge in [-0.15, -0.1) is 0 Å². The first-order valence-electron chi connectivity index (χ1n) is 11.3. The fourth-order valence-corrected chi connectivity index (χ4v) is 4.23. The van der Waals surface area contributed by atoms with Gasteiger partial charge in [-0.1, -0.05) is 24.3 Å². The first-order valence-corrected chi connectivity index (χ1v) is 11.3. The predicted molar refractivity (Wildman–Crippen MR) is 123 cm³/mol. The van der Waals surface area contributed by atoms with Crippen LogP contribution in [0.15, 0.2) is 73.3 Å². The number of benzene rings is 2. The molecule has 0 spiro atoms. The molecule has 6 nitrogen and oxygen atoms in total. The van der Waals surface area contributed by atoms with Crippen LogP contribution in [0.25, 0.3) is 5.65 Å². The van der Waals surface area contributed by atoms with E-state index in [4.69, 9.17) is 9.47 Å². The first-order chi connectivity index (χ1) is 16.2. The second-order valence-electron chi connectivity index (χ2n) is 8.51. The second kappa shape index (κ2) is 10.1. The SMILES string of the molecule is Fc1ccc(COc2cccc(CN3CCOCC(Cc4cn5ccnc5cn4)C3)c2)cc1. The number of fused-ring (bicyclic) bond motifs is 1. The number of aromatic nitrogens is 3. The van der Waals surface area contributed by atoms with Crippen LogP contribution in [0.4, 0.5) is 4.39 Å². The van der Waals surface area contributed by atoms with E-state index < -0.39 is 0 Å². The van der Waals surface area contributed by atoms with Gasteiger partial charge in [0, 0.05) is 44.1 Å². The van der Waals surface area contributed by atoms with Crippen LogP contribution in [0, 0.1) is 11.7 Å². The van der Waals surface area contributed by atoms with E-state index in [1.807, 2.05) is 28.9 Å². The van der Waals surface area contributed by atoms with Crippen molar-refractivity contribution >= 4 is 5.65 Å². The average molecular weight is 447 g/mol. The summed E-state index contributed by atoms with van der Waals surface area (Å²) in [5.41, 5.74) is 4.05. The minimum absolute atomic E-state index is 0.237. The lowest BCUT2D eigenvalue weighted by Crippen LogP contribution is -2.30. The molecule has 1 fully saturated rings. The van der Waals surface area contributed by atoms with E-state index in [0.29, 0.717) is 12.5 Å². The van der Waals surface area contributed by atoms with Gasteiger partial charge in [0.05, 0.1) is 25.1 Å². The van der Waals surface area contributed by atoms with Gasteiger partial charge in [0.1, 0.15) is 18.2 Å². The summed E-state index contributed by atoms with van der Waals surface area (Å²) in [7, 11) is 0. The fraction of sp³-hybridized carbons (Fsp3) is 0.308. The Bertz CT molecular complexity index is 1190. The number of imidazole rings is 1. The maximum Gasteiger partial charge on any atom is 0.155 e. The van der Waals surface area contributed by atoms with E-state index in [0.717, 1.165) is 61.9 Å². The lowest BCUT2D eigenvalue weighted by molar-refractivity contribution is 0.121. The van der Waals surface area contributed by atoms with Crippen LogP contribution < -0.4 is 4.74 Å². The number of hydrogen-bond donors (Lipinski definition) is 0. The summed E-state index contributed by atoms with van der Waals surface area (Å²) in [6.45, 7) is 4.56. The molecular weight excluding hydrogens is 419 g/mol. The standard InChI is InChI=1S/C26H27FN4O2/c27-23-6-4-20(5-7-23)19-33-25-3-1-2-21(13-25)15-30-10-11-32-18-22(16-30)12-24-17-31-9-8-28-26(31)14-29-24/h1-9,13-14,17,22H,10-12,15-16,18-19H2. The third-order valence-corrected chi connectivity index (χ3v) is 5.88. The molecule has 0 radical (unpaired) electrons. The van der Waals surface area contributed by atoms with E-state index in [9.17, 15) is 4.39 Å². The van der Waals surface area contributed by atoms with E-state index in [2.05, 4.69) is 33.2 Å². The van der Waals surface area contributed by atoms with Gasteiger partial charge in [-0.3, -0.25) is 9.88 Å². The van der Waals surface area contributed by atoms with Crippen molar-refractivity contribution in [3.63, 3.8) is 0 Å². The number of rotatable bonds is 7. The molecule has 4 aromatic rings. The van der Waals surface area contributed by atoms with E-state index in [1.165, 1.54) is 17.7 Å². The Balaban J connectivity index is 1.19. The zero-order valence-electron chi connectivity index (χ0n) is 18.4. The Morgan fingerprint density at radius 1 is 1.09 bits per heavy atom. The lowest BCUT2D eigenvalue weighted by Gasteiger charge is -2.23. The molecule has 0 aliphatic carbocycles. The van der Waals surface area contributed by atoms with Crippen LogP contribution in [0.1, 0.15) is 16.8 Å². The highest BCUT2D eigenvalue weighted by Gasteiger charge is 2.20. The second-order valence-corrected chi connectivity index (χ2v) is 8.51. The minimum Gasteiger partial charge on any atom is -0.489 e. The first kappa shape index (κ1) is 21.6. The molecule has 0 N–H and O–H groups in total. The molecule has 2 aromatic carbocycles. The lowest BCUT2D eigenvalue weighted by atomic mass is 10.0. The van der Waals surface area contributed by atoms with Crippen LogP contribution in [-0.2, 0) is 24.3 Å². The average Bonchev–Trinajstić information content (AvgIpc) is 3.19. The highest BCUT2D eigenvalue weighted by atomic mass is 19.1. The molecular formula is C26H27FN4O2. The summed E-state index contributed by atoms with van der Waals surface area (Å²) in [4.78, 5) is 11.3. The quantitative estimate of drug-likeness (QED) is 0.427. The van der Waals surface area contributed by atoms with Crippen molar-refractivity contribution in [1.29, 1.82) is 0 Å². The summed E-state index contributed by atoms with van der Waals surface area (Å²) in [5, 5.41) is 0. The molecule has 7 heteroatoms. The fourth-order valence-electron chi connectivity index (χ4n) is 4.23. The molecule has 3 heterocycles. The summed E-state index contributed by atoms with van der Waals surface area (Å²) < 4.78 is 26.9. The van der Waals surface area contributed by atoms with E-state index in [1.54, 1.807) is 18.3 Å². The molecule has 1 aliphatic heterocycles. The van der Waals surface area contributed by atoms with Gasteiger partial charge in [0.25, 0.3) is 0 Å². The summed E-state index contributed by atoms with van der Waals surface area (Å²) in [6, 6.07) is 14.6. The molecule has 0 amide bonds. The number of ether oxygens (including phenoxy) is 2. The molecule has 33 heavy (non-hydrogen) atoms. The Hall–Kier alpha value is -3.29. The van der Waals surface area contributed by atoms with Gasteiger partial charge in [0.2, 0.25) is 0 Å². The monoisotopic (exact) mass is 446 g/mol. The van der Waals surface area contributed by atoms with Crippen LogP contribution >= 0.6 is 0 Å². The molecule has 0 bridgehead atoms. The van der Waals surface area contributed by atoms with Crippen molar-refractivity contribution in [2.24, 2.45) is 5.92 Å². The minimum atomic E-state index is -0.237. The van der Waals surface area contributed by atoms with Crippen LogP contribution in [0.5, 0.6) is 5.75 Å². The topological polar surface area (TPSA) is 51.9 Å². The molecule has 0 saturated carbocycles. The molecule has 1 aliphatic rings. The smallest absolute Gasteiger partial charge is 0.155 e.